The lowest BCUT2D eigenvalue weighted by atomic mass is 10.1. The van der Waals surface area contributed by atoms with Gasteiger partial charge in [0, 0.05) is 19.2 Å². The highest BCUT2D eigenvalue weighted by Gasteiger charge is 2.38. The van der Waals surface area contributed by atoms with Gasteiger partial charge in [-0.25, -0.2) is 0 Å². The van der Waals surface area contributed by atoms with Crippen LogP contribution in [0.2, 0.25) is 0 Å². The number of morpholine rings is 1. The molecule has 0 N–H and O–H groups in total. The molecule has 3 rings (SSSR count). The fourth-order valence-electron chi connectivity index (χ4n) is 3.24. The lowest BCUT2D eigenvalue weighted by molar-refractivity contribution is -0.384. The third kappa shape index (κ3) is 3.67. The third-order valence-corrected chi connectivity index (χ3v) is 4.59. The Morgan fingerprint density at radius 3 is 2.79 bits per heavy atom. The van der Waals surface area contributed by atoms with Crippen LogP contribution < -0.4 is 4.90 Å². The molecular formula is C17H22N2O5. The van der Waals surface area contributed by atoms with Crippen molar-refractivity contribution < 1.29 is 19.2 Å². The van der Waals surface area contributed by atoms with Crippen molar-refractivity contribution in [3.05, 3.63) is 33.9 Å². The Balaban J connectivity index is 1.85. The van der Waals surface area contributed by atoms with E-state index in [2.05, 4.69) is 4.74 Å². The van der Waals surface area contributed by atoms with Crippen molar-refractivity contribution in [1.82, 2.24) is 0 Å². The predicted molar refractivity (Wildman–Crippen MR) is 88.1 cm³/mol. The highest BCUT2D eigenvalue weighted by Crippen LogP contribution is 2.39. The van der Waals surface area contributed by atoms with Gasteiger partial charge in [0.25, 0.3) is 5.69 Å². The van der Waals surface area contributed by atoms with E-state index in [1.165, 1.54) is 26.0 Å². The van der Waals surface area contributed by atoms with E-state index in [0.29, 0.717) is 30.3 Å². The summed E-state index contributed by atoms with van der Waals surface area (Å²) < 4.78 is 10.6. The van der Waals surface area contributed by atoms with Crippen LogP contribution in [0.1, 0.15) is 25.3 Å². The summed E-state index contributed by atoms with van der Waals surface area (Å²) >= 11 is 0. The molecule has 0 bridgehead atoms. The molecule has 0 spiro atoms. The molecule has 7 heteroatoms. The fourth-order valence-corrected chi connectivity index (χ4v) is 3.24. The number of nitro benzene ring substituents is 1. The van der Waals surface area contributed by atoms with Crippen LogP contribution in [-0.4, -0.2) is 43.3 Å². The molecule has 1 aliphatic heterocycles. The Kier molecular flexibility index (Phi) is 4.71. The normalized spacial score (nSPS) is 23.8. The van der Waals surface area contributed by atoms with Gasteiger partial charge < -0.3 is 14.4 Å². The maximum atomic E-state index is 11.5. The lowest BCUT2D eigenvalue weighted by Gasteiger charge is -2.38. The van der Waals surface area contributed by atoms with Gasteiger partial charge in [-0.2, -0.15) is 0 Å². The van der Waals surface area contributed by atoms with Gasteiger partial charge in [-0.1, -0.05) is 6.07 Å². The summed E-state index contributed by atoms with van der Waals surface area (Å²) in [6.07, 6.45) is 2.56. The average molecular weight is 334 g/mol. The van der Waals surface area contributed by atoms with Crippen molar-refractivity contribution in [2.45, 2.75) is 38.4 Å². The highest BCUT2D eigenvalue weighted by molar-refractivity contribution is 5.74. The SMILES string of the molecule is COC(=O)Cc1ccc(N2C[C@@H](C)O[C@@H](C3CC3)C2)c([N+](=O)[O-])c1. The number of methoxy groups -OCH3 is 1. The molecule has 0 unspecified atom stereocenters. The summed E-state index contributed by atoms with van der Waals surface area (Å²) in [5.41, 5.74) is 1.20. The molecule has 1 aromatic rings. The van der Waals surface area contributed by atoms with Gasteiger partial charge in [0.2, 0.25) is 0 Å². The van der Waals surface area contributed by atoms with Gasteiger partial charge in [0.1, 0.15) is 5.69 Å². The lowest BCUT2D eigenvalue weighted by Crippen LogP contribution is -2.47. The van der Waals surface area contributed by atoms with Crippen LogP contribution in [0, 0.1) is 16.0 Å². The van der Waals surface area contributed by atoms with Gasteiger partial charge in [0.05, 0.1) is 30.7 Å². The average Bonchev–Trinajstić information content (AvgIpc) is 3.39. The Morgan fingerprint density at radius 2 is 2.17 bits per heavy atom. The highest BCUT2D eigenvalue weighted by atomic mass is 16.6. The van der Waals surface area contributed by atoms with Gasteiger partial charge in [-0.05, 0) is 37.3 Å². The number of benzene rings is 1. The molecule has 0 aromatic heterocycles. The Labute approximate surface area is 140 Å². The first-order valence-corrected chi connectivity index (χ1v) is 8.22. The number of esters is 1. The first-order chi connectivity index (χ1) is 11.5. The van der Waals surface area contributed by atoms with E-state index >= 15 is 0 Å². The molecule has 2 atom stereocenters. The van der Waals surface area contributed by atoms with Crippen molar-refractivity contribution >= 4 is 17.3 Å². The Bertz CT molecular complexity index is 644. The van der Waals surface area contributed by atoms with Crippen LogP contribution in [0.15, 0.2) is 18.2 Å². The van der Waals surface area contributed by atoms with Crippen LogP contribution in [0.3, 0.4) is 0 Å². The summed E-state index contributed by atoms with van der Waals surface area (Å²) in [6, 6.07) is 4.96. The molecule has 0 radical (unpaired) electrons. The fraction of sp³-hybridized carbons (Fsp3) is 0.588. The summed E-state index contributed by atoms with van der Waals surface area (Å²) in [7, 11) is 1.30. The zero-order valence-electron chi connectivity index (χ0n) is 13.9. The second-order valence-electron chi connectivity index (χ2n) is 6.56. The van der Waals surface area contributed by atoms with Crippen LogP contribution >= 0.6 is 0 Å². The molecule has 130 valence electrons. The largest absolute Gasteiger partial charge is 0.469 e. The topological polar surface area (TPSA) is 81.9 Å². The number of carbonyl (C=O) groups excluding carboxylic acids is 1. The predicted octanol–water partition coefficient (Wildman–Crippen LogP) is 2.31. The van der Waals surface area contributed by atoms with Crippen molar-refractivity contribution in [2.75, 3.05) is 25.1 Å². The summed E-state index contributed by atoms with van der Waals surface area (Å²) in [4.78, 5) is 24.6. The second kappa shape index (κ2) is 6.76. The van der Waals surface area contributed by atoms with Gasteiger partial charge in [-0.3, -0.25) is 14.9 Å². The standard InChI is InChI=1S/C17H22N2O5/c1-11-9-18(10-16(24-11)13-4-5-13)14-6-3-12(8-17(20)23-2)7-15(14)19(21)22/h3,6-7,11,13,16H,4-5,8-10H2,1-2H3/t11-,16-/m1/s1. The van der Waals surface area contributed by atoms with E-state index in [4.69, 9.17) is 4.74 Å². The molecular weight excluding hydrogens is 312 g/mol. The molecule has 2 fully saturated rings. The third-order valence-electron chi connectivity index (χ3n) is 4.59. The number of ether oxygens (including phenoxy) is 2. The molecule has 1 aliphatic carbocycles. The molecule has 2 aliphatic rings. The number of rotatable bonds is 5. The van der Waals surface area contributed by atoms with E-state index in [1.807, 2.05) is 11.8 Å². The zero-order valence-corrected chi connectivity index (χ0v) is 13.9. The zero-order chi connectivity index (χ0) is 17.3. The Morgan fingerprint density at radius 1 is 1.42 bits per heavy atom. The number of anilines is 1. The van der Waals surface area contributed by atoms with Gasteiger partial charge in [-0.15, -0.1) is 0 Å². The molecule has 1 aromatic carbocycles. The van der Waals surface area contributed by atoms with Crippen LogP contribution in [-0.2, 0) is 20.7 Å². The summed E-state index contributed by atoms with van der Waals surface area (Å²) in [6.45, 7) is 3.30. The van der Waals surface area contributed by atoms with Crippen molar-refractivity contribution in [3.8, 4) is 0 Å². The van der Waals surface area contributed by atoms with Crippen LogP contribution in [0.25, 0.3) is 0 Å². The molecule has 1 heterocycles. The van der Waals surface area contributed by atoms with Crippen molar-refractivity contribution in [2.24, 2.45) is 5.92 Å². The first kappa shape index (κ1) is 16.7. The maximum absolute atomic E-state index is 11.5. The van der Waals surface area contributed by atoms with E-state index in [0.717, 1.165) is 0 Å². The Hall–Kier alpha value is -2.15. The molecule has 1 saturated heterocycles. The summed E-state index contributed by atoms with van der Waals surface area (Å²) in [5, 5.41) is 11.5. The minimum atomic E-state index is -0.411. The van der Waals surface area contributed by atoms with E-state index < -0.39 is 5.97 Å². The molecule has 24 heavy (non-hydrogen) atoms. The number of nitrogens with zero attached hydrogens (tertiary/aromatic N) is 2. The number of hydrogen-bond donors (Lipinski definition) is 0. The molecule has 0 amide bonds. The molecule has 1 saturated carbocycles. The number of nitro groups is 1. The van der Waals surface area contributed by atoms with Crippen molar-refractivity contribution in [3.63, 3.8) is 0 Å². The smallest absolute Gasteiger partial charge is 0.309 e. The van der Waals surface area contributed by atoms with Gasteiger partial charge >= 0.3 is 5.97 Å². The van der Waals surface area contributed by atoms with Crippen molar-refractivity contribution in [1.29, 1.82) is 0 Å². The maximum Gasteiger partial charge on any atom is 0.309 e. The number of hydrogen-bond acceptors (Lipinski definition) is 6. The van der Waals surface area contributed by atoms with Crippen LogP contribution in [0.4, 0.5) is 11.4 Å². The quantitative estimate of drug-likeness (QED) is 0.467. The first-order valence-electron chi connectivity index (χ1n) is 8.22. The van der Waals surface area contributed by atoms with Gasteiger partial charge in [0.15, 0.2) is 0 Å². The molecule has 7 nitrogen and oxygen atoms in total. The van der Waals surface area contributed by atoms with E-state index in [1.54, 1.807) is 12.1 Å². The van der Waals surface area contributed by atoms with Crippen LogP contribution in [0.5, 0.6) is 0 Å². The monoisotopic (exact) mass is 334 g/mol. The number of carbonyl (C=O) groups is 1. The second-order valence-corrected chi connectivity index (χ2v) is 6.56. The van der Waals surface area contributed by atoms with E-state index in [9.17, 15) is 14.9 Å². The minimum Gasteiger partial charge on any atom is -0.469 e. The van der Waals surface area contributed by atoms with E-state index in [-0.39, 0.29) is 29.2 Å². The minimum absolute atomic E-state index is 0.0278. The summed E-state index contributed by atoms with van der Waals surface area (Å²) in [5.74, 6) is 0.166.